The van der Waals surface area contributed by atoms with Crippen molar-refractivity contribution in [2.75, 3.05) is 20.1 Å². The van der Waals surface area contributed by atoms with E-state index in [0.29, 0.717) is 18.5 Å². The second kappa shape index (κ2) is 8.04. The summed E-state index contributed by atoms with van der Waals surface area (Å²) in [6.45, 7) is 14.1. The molecule has 1 atom stereocenters. The van der Waals surface area contributed by atoms with Crippen LogP contribution < -0.4 is 11.2 Å². The maximum atomic E-state index is 13.1. The second-order valence-corrected chi connectivity index (χ2v) is 10.8. The molecule has 2 N–H and O–H groups in total. The van der Waals surface area contributed by atoms with E-state index in [1.807, 2.05) is 60.6 Å². The van der Waals surface area contributed by atoms with Gasteiger partial charge in [-0.25, -0.2) is 4.79 Å². The zero-order valence-electron chi connectivity index (χ0n) is 20.5. The van der Waals surface area contributed by atoms with Crippen LogP contribution in [0.5, 0.6) is 0 Å². The van der Waals surface area contributed by atoms with Crippen LogP contribution >= 0.6 is 0 Å². The zero-order valence-corrected chi connectivity index (χ0v) is 20.5. The number of likely N-dealkylation sites (tertiary alicyclic amines) is 1. The second-order valence-electron chi connectivity index (χ2n) is 10.8. The highest BCUT2D eigenvalue weighted by Gasteiger charge is 2.51. The number of ether oxygens (including phenoxy) is 1. The largest absolute Gasteiger partial charge is 0.494 e. The van der Waals surface area contributed by atoms with Gasteiger partial charge in [-0.2, -0.15) is 0 Å². The van der Waals surface area contributed by atoms with Gasteiger partial charge in [0, 0.05) is 25.6 Å². The molecule has 3 rings (SSSR count). The Balaban J connectivity index is 1.67. The van der Waals surface area contributed by atoms with Crippen molar-refractivity contribution >= 4 is 24.6 Å². The number of amides is 2. The van der Waals surface area contributed by atoms with Crippen molar-refractivity contribution < 1.29 is 23.6 Å². The molecular formula is C23H36BN3O5. The first-order valence-corrected chi connectivity index (χ1v) is 11.1. The van der Waals surface area contributed by atoms with Gasteiger partial charge >= 0.3 is 13.2 Å². The fraction of sp³-hybridized carbons (Fsp3) is 0.652. The summed E-state index contributed by atoms with van der Waals surface area (Å²) in [5.41, 5.74) is 5.49. The lowest BCUT2D eigenvalue weighted by atomic mass is 9.79. The summed E-state index contributed by atoms with van der Waals surface area (Å²) < 4.78 is 17.6. The van der Waals surface area contributed by atoms with Crippen molar-refractivity contribution in [1.29, 1.82) is 0 Å². The Morgan fingerprint density at radius 2 is 1.62 bits per heavy atom. The average molecular weight is 445 g/mol. The molecule has 32 heavy (non-hydrogen) atoms. The molecule has 2 fully saturated rings. The number of nitrogens with zero attached hydrogens (tertiary/aromatic N) is 2. The number of carbonyl (C=O) groups is 2. The third-order valence-corrected chi connectivity index (χ3v) is 6.59. The Morgan fingerprint density at radius 1 is 1.09 bits per heavy atom. The molecule has 176 valence electrons. The van der Waals surface area contributed by atoms with Crippen LogP contribution in [0.3, 0.4) is 0 Å². The molecule has 8 nitrogen and oxygen atoms in total. The van der Waals surface area contributed by atoms with E-state index in [4.69, 9.17) is 19.8 Å². The predicted octanol–water partition coefficient (Wildman–Crippen LogP) is 2.35. The monoisotopic (exact) mass is 445 g/mol. The normalized spacial score (nSPS) is 24.5. The molecule has 1 aromatic carbocycles. The molecule has 1 aromatic rings. The van der Waals surface area contributed by atoms with E-state index in [9.17, 15) is 9.59 Å². The summed E-state index contributed by atoms with van der Waals surface area (Å²) in [7, 11) is 1.18. The van der Waals surface area contributed by atoms with E-state index >= 15 is 0 Å². The first kappa shape index (κ1) is 24.5. The third-order valence-electron chi connectivity index (χ3n) is 6.59. The van der Waals surface area contributed by atoms with Crippen LogP contribution in [0.1, 0.15) is 65.2 Å². The first-order chi connectivity index (χ1) is 14.5. The molecule has 1 unspecified atom stereocenters. The van der Waals surface area contributed by atoms with Crippen LogP contribution in [-0.4, -0.2) is 71.5 Å². The molecule has 2 aliphatic heterocycles. The number of hydrogen-bond donors (Lipinski definition) is 1. The average Bonchev–Trinajstić information content (AvgIpc) is 3.17. The summed E-state index contributed by atoms with van der Waals surface area (Å²) >= 11 is 0. The highest BCUT2D eigenvalue weighted by Crippen LogP contribution is 2.36. The Labute approximate surface area is 191 Å². The van der Waals surface area contributed by atoms with Crippen LogP contribution in [-0.2, 0) is 14.0 Å². The van der Waals surface area contributed by atoms with E-state index < -0.39 is 35.7 Å². The number of nitrogens with two attached hydrogens (primary N) is 1. The lowest BCUT2D eigenvalue weighted by Gasteiger charge is -2.35. The van der Waals surface area contributed by atoms with Gasteiger partial charge in [0.15, 0.2) is 0 Å². The molecule has 9 heteroatoms. The lowest BCUT2D eigenvalue weighted by molar-refractivity contribution is 0.00578. The minimum atomic E-state index is -0.960. The molecule has 2 aliphatic rings. The third kappa shape index (κ3) is 4.80. The number of hydrogen-bond acceptors (Lipinski definition) is 6. The minimum absolute atomic E-state index is 0.209. The number of carbonyl (C=O) groups excluding carboxylic acids is 2. The highest BCUT2D eigenvalue weighted by atomic mass is 16.7. The van der Waals surface area contributed by atoms with E-state index in [1.54, 1.807) is 24.1 Å². The fourth-order valence-electron chi connectivity index (χ4n) is 3.73. The quantitative estimate of drug-likeness (QED) is 0.567. The van der Waals surface area contributed by atoms with Gasteiger partial charge in [-0.3, -0.25) is 4.79 Å². The number of benzene rings is 1. The van der Waals surface area contributed by atoms with Gasteiger partial charge in [0.05, 0.1) is 17.7 Å². The lowest BCUT2D eigenvalue weighted by Crippen LogP contribution is -2.58. The standard InChI is InChI=1S/C23H36BN3O5/c1-20(2,3)30-19(29)27-14-13-23(25,15-27)26(8)18(28)16-9-11-17(12-10-16)24-31-21(4,5)22(6,7)32-24/h9-12H,13-15,25H2,1-8H3. The van der Waals surface area contributed by atoms with Gasteiger partial charge in [-0.1, -0.05) is 12.1 Å². The zero-order chi connectivity index (χ0) is 24.1. The van der Waals surface area contributed by atoms with Crippen molar-refractivity contribution in [3.8, 4) is 0 Å². The molecule has 0 aliphatic carbocycles. The van der Waals surface area contributed by atoms with Gasteiger partial charge in [-0.05, 0) is 66.1 Å². The van der Waals surface area contributed by atoms with Crippen LogP contribution in [0, 0.1) is 0 Å². The molecule has 2 heterocycles. The molecular weight excluding hydrogens is 409 g/mol. The summed E-state index contributed by atoms with van der Waals surface area (Å²) in [5, 5.41) is 0. The fourth-order valence-corrected chi connectivity index (χ4v) is 3.73. The van der Waals surface area contributed by atoms with E-state index in [-0.39, 0.29) is 12.5 Å². The van der Waals surface area contributed by atoms with Crippen LogP contribution in [0.15, 0.2) is 24.3 Å². The van der Waals surface area contributed by atoms with E-state index in [1.165, 1.54) is 4.90 Å². The molecule has 0 spiro atoms. The SMILES string of the molecule is CN(C(=O)c1ccc(B2OC(C)(C)C(C)(C)O2)cc1)C1(N)CCN(C(=O)OC(C)(C)C)C1. The summed E-state index contributed by atoms with van der Waals surface area (Å²) in [6.07, 6.45) is 0.0537. The van der Waals surface area contributed by atoms with Gasteiger partial charge in [0.2, 0.25) is 0 Å². The van der Waals surface area contributed by atoms with Crippen molar-refractivity contribution in [3.63, 3.8) is 0 Å². The van der Waals surface area contributed by atoms with Crippen molar-refractivity contribution in [2.24, 2.45) is 5.73 Å². The van der Waals surface area contributed by atoms with E-state index in [2.05, 4.69) is 0 Å². The van der Waals surface area contributed by atoms with Crippen LogP contribution in [0.4, 0.5) is 4.79 Å². The molecule has 0 saturated carbocycles. The van der Waals surface area contributed by atoms with Crippen molar-refractivity contribution in [2.45, 2.75) is 77.4 Å². The Bertz CT molecular complexity index is 865. The van der Waals surface area contributed by atoms with Gasteiger partial charge in [0.25, 0.3) is 5.91 Å². The summed E-state index contributed by atoms with van der Waals surface area (Å²) in [4.78, 5) is 28.6. The Kier molecular flexibility index (Phi) is 6.17. The van der Waals surface area contributed by atoms with Gasteiger partial charge in [0.1, 0.15) is 11.3 Å². The topological polar surface area (TPSA) is 94.3 Å². The van der Waals surface area contributed by atoms with Gasteiger partial charge in [-0.15, -0.1) is 0 Å². The minimum Gasteiger partial charge on any atom is -0.444 e. The van der Waals surface area contributed by atoms with Crippen molar-refractivity contribution in [1.82, 2.24) is 9.80 Å². The molecule has 0 aromatic heterocycles. The maximum absolute atomic E-state index is 13.1. The number of rotatable bonds is 3. The molecule has 2 saturated heterocycles. The molecule has 0 radical (unpaired) electrons. The van der Waals surface area contributed by atoms with Crippen molar-refractivity contribution in [3.05, 3.63) is 29.8 Å². The van der Waals surface area contributed by atoms with Crippen LogP contribution in [0.2, 0.25) is 0 Å². The Hall–Kier alpha value is -2.10. The van der Waals surface area contributed by atoms with Gasteiger partial charge < -0.3 is 29.6 Å². The molecule has 2 amide bonds. The Morgan fingerprint density at radius 3 is 2.12 bits per heavy atom. The van der Waals surface area contributed by atoms with Crippen LogP contribution in [0.25, 0.3) is 0 Å². The van der Waals surface area contributed by atoms with E-state index in [0.717, 1.165) is 5.46 Å². The highest BCUT2D eigenvalue weighted by molar-refractivity contribution is 6.62. The maximum Gasteiger partial charge on any atom is 0.494 e. The smallest absolute Gasteiger partial charge is 0.444 e. The summed E-state index contributed by atoms with van der Waals surface area (Å²) in [5.74, 6) is -0.209. The summed E-state index contributed by atoms with van der Waals surface area (Å²) in [6, 6.07) is 7.19. The number of likely N-dealkylation sites (N-methyl/N-ethyl adjacent to an activating group) is 1. The predicted molar refractivity (Wildman–Crippen MR) is 124 cm³/mol. The first-order valence-electron chi connectivity index (χ1n) is 11.1. The molecule has 0 bridgehead atoms.